The number of rotatable bonds is 6. The van der Waals surface area contributed by atoms with Gasteiger partial charge in [-0.25, -0.2) is 9.97 Å². The van der Waals surface area contributed by atoms with Gasteiger partial charge >= 0.3 is 0 Å². The van der Waals surface area contributed by atoms with Crippen LogP contribution in [0.5, 0.6) is 0 Å². The normalized spacial score (nSPS) is 16.5. The van der Waals surface area contributed by atoms with Crippen LogP contribution in [0.4, 0.5) is 17.3 Å². The number of aromatic nitrogens is 4. The van der Waals surface area contributed by atoms with E-state index in [1.807, 2.05) is 6.07 Å². The van der Waals surface area contributed by atoms with Crippen LogP contribution in [0.3, 0.4) is 0 Å². The molecule has 3 rings (SSSR count). The van der Waals surface area contributed by atoms with Crippen molar-refractivity contribution in [3.8, 4) is 6.07 Å². The van der Waals surface area contributed by atoms with E-state index in [4.69, 9.17) is 11.0 Å². The fraction of sp³-hybridized carbons (Fsp3) is 0.375. The van der Waals surface area contributed by atoms with Crippen molar-refractivity contribution in [2.75, 3.05) is 30.3 Å². The van der Waals surface area contributed by atoms with E-state index in [1.165, 1.54) is 12.4 Å². The van der Waals surface area contributed by atoms with Gasteiger partial charge in [0.25, 0.3) is 5.91 Å². The molecule has 1 amide bonds. The van der Waals surface area contributed by atoms with E-state index in [0.717, 1.165) is 25.9 Å². The maximum absolute atomic E-state index is 11.6. The molecule has 1 aliphatic rings. The van der Waals surface area contributed by atoms with Gasteiger partial charge in [0.2, 0.25) is 0 Å². The number of carbonyl (C=O) groups excluding carboxylic acids is 1. The number of nitrogens with one attached hydrogen (secondary N) is 3. The number of primary amides is 1. The van der Waals surface area contributed by atoms with Crippen molar-refractivity contribution in [1.82, 2.24) is 25.5 Å². The Hall–Kier alpha value is -3.32. The van der Waals surface area contributed by atoms with Gasteiger partial charge in [0.15, 0.2) is 17.2 Å². The van der Waals surface area contributed by atoms with Crippen molar-refractivity contribution in [3.05, 3.63) is 29.8 Å². The first-order valence-electron chi connectivity index (χ1n) is 8.27. The topological polar surface area (TPSA) is 155 Å². The highest BCUT2D eigenvalue weighted by atomic mass is 16.1. The third-order valence-corrected chi connectivity index (χ3v) is 4.03. The Morgan fingerprint density at radius 3 is 2.88 bits per heavy atom. The lowest BCUT2D eigenvalue weighted by Crippen LogP contribution is -2.34. The zero-order chi connectivity index (χ0) is 18.4. The molecule has 134 valence electrons. The molecule has 10 heteroatoms. The second-order valence-electron chi connectivity index (χ2n) is 5.97. The van der Waals surface area contributed by atoms with Crippen LogP contribution < -0.4 is 21.7 Å². The molecule has 10 nitrogen and oxygen atoms in total. The molecule has 1 saturated heterocycles. The molecule has 0 spiro atoms. The lowest BCUT2D eigenvalue weighted by molar-refractivity contribution is 0.0995. The highest BCUT2D eigenvalue weighted by Crippen LogP contribution is 2.20. The van der Waals surface area contributed by atoms with E-state index in [2.05, 4.69) is 36.1 Å². The van der Waals surface area contributed by atoms with Crippen LogP contribution in [0.15, 0.2) is 18.5 Å². The van der Waals surface area contributed by atoms with E-state index < -0.39 is 5.91 Å². The Balaban J connectivity index is 1.74. The Labute approximate surface area is 150 Å². The fourth-order valence-corrected chi connectivity index (χ4v) is 2.70. The average Bonchev–Trinajstić information content (AvgIpc) is 2.68. The van der Waals surface area contributed by atoms with E-state index in [9.17, 15) is 4.79 Å². The van der Waals surface area contributed by atoms with Gasteiger partial charge in [-0.1, -0.05) is 0 Å². The molecule has 0 bridgehead atoms. The molecule has 5 N–H and O–H groups in total. The minimum absolute atomic E-state index is 0.0882. The van der Waals surface area contributed by atoms with Crippen LogP contribution in [0.2, 0.25) is 0 Å². The molecule has 3 heterocycles. The number of nitrogens with two attached hydrogens (primary N) is 1. The molecule has 0 aliphatic carbocycles. The number of hydrogen-bond donors (Lipinski definition) is 4. The van der Waals surface area contributed by atoms with Gasteiger partial charge in [-0.15, -0.1) is 10.2 Å². The summed E-state index contributed by atoms with van der Waals surface area (Å²) in [5.74, 6) is 0.621. The van der Waals surface area contributed by atoms with Crippen molar-refractivity contribution < 1.29 is 4.79 Å². The number of piperidine rings is 1. The van der Waals surface area contributed by atoms with Crippen molar-refractivity contribution in [2.45, 2.75) is 12.8 Å². The van der Waals surface area contributed by atoms with Gasteiger partial charge in [0.05, 0.1) is 18.1 Å². The van der Waals surface area contributed by atoms with Crippen LogP contribution in [0.1, 0.15) is 29.0 Å². The molecule has 1 atom stereocenters. The lowest BCUT2D eigenvalue weighted by atomic mass is 10.00. The molecule has 0 radical (unpaired) electrons. The Bertz CT molecular complexity index is 809. The van der Waals surface area contributed by atoms with E-state index >= 15 is 0 Å². The van der Waals surface area contributed by atoms with Gasteiger partial charge < -0.3 is 21.7 Å². The first-order valence-corrected chi connectivity index (χ1v) is 8.27. The molecular formula is C16H19N9O. The van der Waals surface area contributed by atoms with Crippen molar-refractivity contribution in [3.63, 3.8) is 0 Å². The minimum atomic E-state index is -0.647. The van der Waals surface area contributed by atoms with Crippen LogP contribution in [0.25, 0.3) is 0 Å². The summed E-state index contributed by atoms with van der Waals surface area (Å²) in [5.41, 5.74) is 6.21. The SMILES string of the molecule is N#Cc1cnc(Nc2cc(NCC3CCCNC3)c(C(N)=O)nn2)cn1. The number of nitrogens with zero attached hydrogens (tertiary/aromatic N) is 5. The second-order valence-corrected chi connectivity index (χ2v) is 5.97. The average molecular weight is 353 g/mol. The van der Waals surface area contributed by atoms with Gasteiger partial charge in [0.1, 0.15) is 11.9 Å². The van der Waals surface area contributed by atoms with Crippen LogP contribution >= 0.6 is 0 Å². The number of amides is 1. The first-order chi connectivity index (χ1) is 12.7. The summed E-state index contributed by atoms with van der Waals surface area (Å²) in [7, 11) is 0. The summed E-state index contributed by atoms with van der Waals surface area (Å²) in [6, 6.07) is 3.56. The number of nitriles is 1. The summed E-state index contributed by atoms with van der Waals surface area (Å²) in [6.45, 7) is 2.68. The summed E-state index contributed by atoms with van der Waals surface area (Å²) in [4.78, 5) is 19.6. The van der Waals surface area contributed by atoms with E-state index in [0.29, 0.717) is 29.8 Å². The first kappa shape index (κ1) is 17.5. The fourth-order valence-electron chi connectivity index (χ4n) is 2.70. The summed E-state index contributed by atoms with van der Waals surface area (Å²) in [5, 5.41) is 26.1. The Morgan fingerprint density at radius 1 is 1.35 bits per heavy atom. The third-order valence-electron chi connectivity index (χ3n) is 4.03. The number of carbonyl (C=O) groups is 1. The molecule has 2 aromatic rings. The highest BCUT2D eigenvalue weighted by Gasteiger charge is 2.16. The largest absolute Gasteiger partial charge is 0.383 e. The molecule has 26 heavy (non-hydrogen) atoms. The lowest BCUT2D eigenvalue weighted by Gasteiger charge is -2.23. The summed E-state index contributed by atoms with van der Waals surface area (Å²) < 4.78 is 0. The number of hydrogen-bond acceptors (Lipinski definition) is 9. The number of anilines is 3. The maximum atomic E-state index is 11.6. The van der Waals surface area contributed by atoms with Crippen molar-refractivity contribution in [1.29, 1.82) is 5.26 Å². The van der Waals surface area contributed by atoms with E-state index in [-0.39, 0.29) is 11.4 Å². The van der Waals surface area contributed by atoms with Gasteiger partial charge in [-0.05, 0) is 31.8 Å². The smallest absolute Gasteiger partial charge is 0.271 e. The summed E-state index contributed by atoms with van der Waals surface area (Å²) >= 11 is 0. The van der Waals surface area contributed by atoms with Crippen molar-refractivity contribution >= 4 is 23.2 Å². The second kappa shape index (κ2) is 8.17. The van der Waals surface area contributed by atoms with Gasteiger partial charge in [0, 0.05) is 12.6 Å². The third kappa shape index (κ3) is 4.40. The van der Waals surface area contributed by atoms with E-state index in [1.54, 1.807) is 6.07 Å². The molecule has 0 aromatic carbocycles. The molecule has 2 aromatic heterocycles. The summed E-state index contributed by atoms with van der Waals surface area (Å²) in [6.07, 6.45) is 5.02. The zero-order valence-electron chi connectivity index (χ0n) is 14.1. The Kier molecular flexibility index (Phi) is 5.50. The predicted octanol–water partition coefficient (Wildman–Crippen LogP) is 0.392. The van der Waals surface area contributed by atoms with Gasteiger partial charge in [-0.3, -0.25) is 4.79 Å². The monoisotopic (exact) mass is 353 g/mol. The van der Waals surface area contributed by atoms with Crippen LogP contribution in [-0.4, -0.2) is 45.7 Å². The highest BCUT2D eigenvalue weighted by molar-refractivity contribution is 5.96. The van der Waals surface area contributed by atoms with Crippen LogP contribution in [0, 0.1) is 17.2 Å². The molecule has 1 aliphatic heterocycles. The maximum Gasteiger partial charge on any atom is 0.271 e. The quantitative estimate of drug-likeness (QED) is 0.577. The minimum Gasteiger partial charge on any atom is -0.383 e. The molecule has 0 saturated carbocycles. The predicted molar refractivity (Wildman–Crippen MR) is 94.7 cm³/mol. The van der Waals surface area contributed by atoms with Crippen LogP contribution in [-0.2, 0) is 0 Å². The molecular weight excluding hydrogens is 334 g/mol. The zero-order valence-corrected chi connectivity index (χ0v) is 14.1. The van der Waals surface area contributed by atoms with Gasteiger partial charge in [-0.2, -0.15) is 5.26 Å². The standard InChI is InChI=1S/C16H19N9O/c17-5-11-8-22-14(9-20-11)23-13-4-12(15(16(18)26)25-24-13)21-7-10-2-1-3-19-6-10/h4,8-10,19H,1-3,6-7H2,(H2,18,26)(H2,21,22,23,24). The molecule has 1 fully saturated rings. The van der Waals surface area contributed by atoms with Crippen molar-refractivity contribution in [2.24, 2.45) is 11.7 Å². The molecule has 1 unspecified atom stereocenters. The Morgan fingerprint density at radius 2 is 2.23 bits per heavy atom.